The second-order valence-electron chi connectivity index (χ2n) is 5.42. The Morgan fingerprint density at radius 1 is 1.05 bits per heavy atom. The fourth-order valence-corrected chi connectivity index (χ4v) is 2.80. The molecule has 3 rings (SSSR count). The van der Waals surface area contributed by atoms with Crippen LogP contribution in [0.25, 0.3) is 16.8 Å². The first-order valence-electron chi connectivity index (χ1n) is 7.29. The number of aromatic nitrogens is 1. The molecule has 0 aliphatic heterocycles. The van der Waals surface area contributed by atoms with E-state index < -0.39 is 0 Å². The molecule has 0 radical (unpaired) electrons. The Morgan fingerprint density at radius 2 is 1.80 bits per heavy atom. The lowest BCUT2D eigenvalue weighted by Crippen LogP contribution is -2.23. The molecule has 1 aliphatic carbocycles. The van der Waals surface area contributed by atoms with Gasteiger partial charge in [-0.15, -0.1) is 0 Å². The number of pyridine rings is 1. The first-order valence-corrected chi connectivity index (χ1v) is 7.29. The van der Waals surface area contributed by atoms with E-state index in [-0.39, 0.29) is 0 Å². The van der Waals surface area contributed by atoms with Crippen molar-refractivity contribution in [2.24, 2.45) is 0 Å². The van der Waals surface area contributed by atoms with E-state index in [9.17, 15) is 0 Å². The van der Waals surface area contributed by atoms with Gasteiger partial charge < -0.3 is 5.32 Å². The maximum atomic E-state index is 4.17. The molecule has 0 amide bonds. The van der Waals surface area contributed by atoms with Gasteiger partial charge in [-0.1, -0.05) is 49.8 Å². The Morgan fingerprint density at radius 3 is 2.45 bits per heavy atom. The molecule has 1 saturated carbocycles. The summed E-state index contributed by atoms with van der Waals surface area (Å²) in [5, 5.41) is 3.55. The van der Waals surface area contributed by atoms with Gasteiger partial charge in [-0.05, 0) is 35.6 Å². The van der Waals surface area contributed by atoms with E-state index in [1.165, 1.54) is 36.8 Å². The van der Waals surface area contributed by atoms with Crippen LogP contribution in [0.3, 0.4) is 0 Å². The van der Waals surface area contributed by atoms with E-state index in [4.69, 9.17) is 0 Å². The smallest absolute Gasteiger partial charge is 0.0346 e. The van der Waals surface area contributed by atoms with Crippen molar-refractivity contribution in [2.45, 2.75) is 31.7 Å². The minimum Gasteiger partial charge on any atom is -0.382 e. The monoisotopic (exact) mass is 264 g/mol. The number of nitrogens with zero attached hydrogens (tertiary/aromatic N) is 1. The molecule has 1 fully saturated rings. The standard InChI is InChI=1S/C18H20N2/c1-14(20-18-6-2-3-7-18)15-8-10-16(11-9-15)17-5-4-12-19-13-17/h4-5,8-13,18,20H,1-3,6-7H2. The quantitative estimate of drug-likeness (QED) is 0.893. The predicted octanol–water partition coefficient (Wildman–Crippen LogP) is 4.25. The molecule has 0 spiro atoms. The largest absolute Gasteiger partial charge is 0.382 e. The molecule has 1 heterocycles. The SMILES string of the molecule is C=C(NC1CCCC1)c1ccc(-c2cccnc2)cc1. The summed E-state index contributed by atoms with van der Waals surface area (Å²) in [5.41, 5.74) is 4.54. The van der Waals surface area contributed by atoms with Gasteiger partial charge in [0.05, 0.1) is 0 Å². The molecule has 0 bridgehead atoms. The molecule has 20 heavy (non-hydrogen) atoms. The lowest BCUT2D eigenvalue weighted by molar-refractivity contribution is 0.619. The summed E-state index contributed by atoms with van der Waals surface area (Å²) < 4.78 is 0. The van der Waals surface area contributed by atoms with Crippen molar-refractivity contribution >= 4 is 5.70 Å². The van der Waals surface area contributed by atoms with Crippen molar-refractivity contribution in [2.75, 3.05) is 0 Å². The first kappa shape index (κ1) is 12.9. The maximum absolute atomic E-state index is 4.17. The molecular weight excluding hydrogens is 244 g/mol. The van der Waals surface area contributed by atoms with E-state index in [2.05, 4.69) is 47.2 Å². The molecule has 1 N–H and O–H groups in total. The highest BCUT2D eigenvalue weighted by Gasteiger charge is 2.15. The van der Waals surface area contributed by atoms with Gasteiger partial charge in [0.1, 0.15) is 0 Å². The van der Waals surface area contributed by atoms with Gasteiger partial charge in [0, 0.05) is 24.1 Å². The molecule has 102 valence electrons. The van der Waals surface area contributed by atoms with Crippen molar-refractivity contribution in [3.63, 3.8) is 0 Å². The van der Waals surface area contributed by atoms with Gasteiger partial charge in [0.25, 0.3) is 0 Å². The van der Waals surface area contributed by atoms with Gasteiger partial charge in [0.15, 0.2) is 0 Å². The van der Waals surface area contributed by atoms with E-state index >= 15 is 0 Å². The fraction of sp³-hybridized carbons (Fsp3) is 0.278. The highest BCUT2D eigenvalue weighted by molar-refractivity contribution is 5.68. The molecule has 1 aliphatic rings. The Balaban J connectivity index is 1.71. The molecule has 2 aromatic rings. The lowest BCUT2D eigenvalue weighted by atomic mass is 10.0. The predicted molar refractivity (Wildman–Crippen MR) is 84.1 cm³/mol. The van der Waals surface area contributed by atoms with Crippen LogP contribution >= 0.6 is 0 Å². The van der Waals surface area contributed by atoms with Gasteiger partial charge in [0.2, 0.25) is 0 Å². The molecule has 2 heteroatoms. The Labute approximate surface area is 120 Å². The van der Waals surface area contributed by atoms with Crippen molar-refractivity contribution < 1.29 is 0 Å². The number of rotatable bonds is 4. The second kappa shape index (κ2) is 5.91. The zero-order chi connectivity index (χ0) is 13.8. The van der Waals surface area contributed by atoms with Crippen LogP contribution in [-0.4, -0.2) is 11.0 Å². The molecule has 0 unspecified atom stereocenters. The number of nitrogens with one attached hydrogen (secondary N) is 1. The summed E-state index contributed by atoms with van der Waals surface area (Å²) in [6, 6.07) is 13.2. The third kappa shape index (κ3) is 2.90. The third-order valence-corrected chi connectivity index (χ3v) is 3.96. The van der Waals surface area contributed by atoms with E-state index in [1.807, 2.05) is 12.3 Å². The van der Waals surface area contributed by atoms with Crippen molar-refractivity contribution in [3.8, 4) is 11.1 Å². The second-order valence-corrected chi connectivity index (χ2v) is 5.42. The minimum atomic E-state index is 0.612. The summed E-state index contributed by atoms with van der Waals surface area (Å²) in [5.74, 6) is 0. The molecule has 2 nitrogen and oxygen atoms in total. The zero-order valence-electron chi connectivity index (χ0n) is 11.7. The summed E-state index contributed by atoms with van der Waals surface area (Å²) in [6.45, 7) is 4.17. The Kier molecular flexibility index (Phi) is 3.82. The van der Waals surface area contributed by atoms with Gasteiger partial charge in [-0.25, -0.2) is 0 Å². The molecular formula is C18H20N2. The number of hydrogen-bond acceptors (Lipinski definition) is 2. The van der Waals surface area contributed by atoms with Crippen molar-refractivity contribution in [1.82, 2.24) is 10.3 Å². The maximum Gasteiger partial charge on any atom is 0.0346 e. The summed E-state index contributed by atoms with van der Waals surface area (Å²) >= 11 is 0. The highest BCUT2D eigenvalue weighted by atomic mass is 14.9. The van der Waals surface area contributed by atoms with Crippen LogP contribution in [0, 0.1) is 0 Å². The topological polar surface area (TPSA) is 24.9 Å². The molecule has 0 atom stereocenters. The molecule has 1 aromatic heterocycles. The van der Waals surface area contributed by atoms with E-state index in [1.54, 1.807) is 6.20 Å². The van der Waals surface area contributed by atoms with Crippen LogP contribution in [0.2, 0.25) is 0 Å². The van der Waals surface area contributed by atoms with E-state index in [0.717, 1.165) is 11.3 Å². The van der Waals surface area contributed by atoms with Crippen molar-refractivity contribution in [3.05, 3.63) is 60.9 Å². The summed E-state index contributed by atoms with van der Waals surface area (Å²) in [4.78, 5) is 4.16. The number of benzene rings is 1. The fourth-order valence-electron chi connectivity index (χ4n) is 2.80. The first-order chi connectivity index (χ1) is 9.83. The summed E-state index contributed by atoms with van der Waals surface area (Å²) in [7, 11) is 0. The summed E-state index contributed by atoms with van der Waals surface area (Å²) in [6.07, 6.45) is 8.90. The van der Waals surface area contributed by atoms with Crippen molar-refractivity contribution in [1.29, 1.82) is 0 Å². The third-order valence-electron chi connectivity index (χ3n) is 3.96. The van der Waals surface area contributed by atoms with Crippen LogP contribution in [0.5, 0.6) is 0 Å². The van der Waals surface area contributed by atoms with Crippen LogP contribution in [0.1, 0.15) is 31.2 Å². The van der Waals surface area contributed by atoms with Crippen LogP contribution in [0.4, 0.5) is 0 Å². The van der Waals surface area contributed by atoms with Crippen LogP contribution < -0.4 is 5.32 Å². The Hall–Kier alpha value is -2.09. The average Bonchev–Trinajstić information content (AvgIpc) is 3.01. The normalized spacial score (nSPS) is 15.2. The number of hydrogen-bond donors (Lipinski definition) is 1. The van der Waals surface area contributed by atoms with Crippen LogP contribution in [0.15, 0.2) is 55.4 Å². The van der Waals surface area contributed by atoms with Gasteiger partial charge in [-0.2, -0.15) is 0 Å². The zero-order valence-corrected chi connectivity index (χ0v) is 11.7. The lowest BCUT2D eigenvalue weighted by Gasteiger charge is -2.16. The van der Waals surface area contributed by atoms with Gasteiger partial charge in [-0.3, -0.25) is 4.98 Å². The average molecular weight is 264 g/mol. The highest BCUT2D eigenvalue weighted by Crippen LogP contribution is 2.23. The molecule has 0 saturated heterocycles. The molecule has 1 aromatic carbocycles. The van der Waals surface area contributed by atoms with Crippen LogP contribution in [-0.2, 0) is 0 Å². The van der Waals surface area contributed by atoms with E-state index in [0.29, 0.717) is 6.04 Å². The minimum absolute atomic E-state index is 0.612. The van der Waals surface area contributed by atoms with Gasteiger partial charge >= 0.3 is 0 Å². The Bertz CT molecular complexity index is 566.